The molecule has 0 bridgehead atoms. The Labute approximate surface area is 105 Å². The van der Waals surface area contributed by atoms with Crippen molar-refractivity contribution in [2.75, 3.05) is 11.4 Å². The Morgan fingerprint density at radius 2 is 2.18 bits per heavy atom. The summed E-state index contributed by atoms with van der Waals surface area (Å²) in [5, 5.41) is 1.05. The van der Waals surface area contributed by atoms with Gasteiger partial charge >= 0.3 is 0 Å². The van der Waals surface area contributed by atoms with E-state index in [1.807, 2.05) is 6.92 Å². The smallest absolute Gasteiger partial charge is 0.205 e. The molecule has 1 unspecified atom stereocenters. The molecule has 4 heteroatoms. The van der Waals surface area contributed by atoms with Crippen LogP contribution in [0, 0.1) is 6.92 Å². The Morgan fingerprint density at radius 3 is 2.94 bits per heavy atom. The molecule has 0 amide bonds. The maximum Gasteiger partial charge on any atom is 0.205 e. The van der Waals surface area contributed by atoms with Crippen molar-refractivity contribution in [2.45, 2.75) is 26.3 Å². The van der Waals surface area contributed by atoms with Gasteiger partial charge in [0.25, 0.3) is 0 Å². The molecule has 2 heterocycles. The zero-order valence-electron chi connectivity index (χ0n) is 10.1. The molecule has 0 saturated heterocycles. The molecule has 0 N–H and O–H groups in total. The molecule has 1 aromatic heterocycles. The van der Waals surface area contributed by atoms with Gasteiger partial charge in [-0.3, -0.25) is 0 Å². The van der Waals surface area contributed by atoms with E-state index in [0.717, 1.165) is 23.9 Å². The van der Waals surface area contributed by atoms with Gasteiger partial charge in [0.15, 0.2) is 0 Å². The Hall–Kier alpha value is -1.42. The maximum atomic E-state index is 4.49. The summed E-state index contributed by atoms with van der Waals surface area (Å²) in [6.45, 7) is 5.23. The highest BCUT2D eigenvalue weighted by Gasteiger charge is 2.25. The van der Waals surface area contributed by atoms with E-state index in [9.17, 15) is 0 Å². The number of rotatable bonds is 1. The third-order valence-electron chi connectivity index (χ3n) is 3.36. The minimum Gasteiger partial charge on any atom is -0.340 e. The largest absolute Gasteiger partial charge is 0.340 e. The number of hydrogen-bond donors (Lipinski definition) is 0. The van der Waals surface area contributed by atoms with Crippen LogP contribution in [0.2, 0.25) is 0 Å². The Morgan fingerprint density at radius 1 is 1.35 bits per heavy atom. The lowest BCUT2D eigenvalue weighted by atomic mass is 9.94. The monoisotopic (exact) mass is 245 g/mol. The first-order valence-corrected chi connectivity index (χ1v) is 6.68. The van der Waals surface area contributed by atoms with Crippen molar-refractivity contribution in [3.05, 3.63) is 41.2 Å². The van der Waals surface area contributed by atoms with Crippen LogP contribution in [0.4, 0.5) is 5.13 Å². The molecule has 3 nitrogen and oxygen atoms in total. The second-order valence-corrected chi connectivity index (χ2v) is 5.17. The zero-order chi connectivity index (χ0) is 11.8. The summed E-state index contributed by atoms with van der Waals surface area (Å²) in [6.07, 6.45) is 1.10. The van der Waals surface area contributed by atoms with E-state index in [1.54, 1.807) is 0 Å². The van der Waals surface area contributed by atoms with Gasteiger partial charge < -0.3 is 4.90 Å². The van der Waals surface area contributed by atoms with E-state index in [2.05, 4.69) is 45.4 Å². The Kier molecular flexibility index (Phi) is 2.59. The van der Waals surface area contributed by atoms with Crippen LogP contribution in [0.1, 0.15) is 29.9 Å². The predicted molar refractivity (Wildman–Crippen MR) is 70.6 cm³/mol. The minimum atomic E-state index is 0.396. The van der Waals surface area contributed by atoms with Crippen LogP contribution in [0.15, 0.2) is 24.3 Å². The SMILES string of the molecule is Cc1nsc(N2CCc3ccccc3C2C)n1. The lowest BCUT2D eigenvalue weighted by Gasteiger charge is -2.34. The molecule has 0 saturated carbocycles. The average Bonchev–Trinajstić information content (AvgIpc) is 2.77. The second-order valence-electron chi connectivity index (χ2n) is 4.44. The van der Waals surface area contributed by atoms with Gasteiger partial charge in [-0.2, -0.15) is 4.37 Å². The van der Waals surface area contributed by atoms with E-state index in [0.29, 0.717) is 6.04 Å². The average molecular weight is 245 g/mol. The Bertz CT molecular complexity index is 535. The molecule has 0 radical (unpaired) electrons. The number of anilines is 1. The van der Waals surface area contributed by atoms with E-state index < -0.39 is 0 Å². The fourth-order valence-corrected chi connectivity index (χ4v) is 3.22. The number of hydrogen-bond acceptors (Lipinski definition) is 4. The molecule has 3 rings (SSSR count). The topological polar surface area (TPSA) is 29.0 Å². The number of nitrogens with zero attached hydrogens (tertiary/aromatic N) is 3. The number of aryl methyl sites for hydroxylation is 1. The van der Waals surface area contributed by atoms with Gasteiger partial charge in [0.05, 0.1) is 6.04 Å². The van der Waals surface area contributed by atoms with Gasteiger partial charge in [0.2, 0.25) is 5.13 Å². The minimum absolute atomic E-state index is 0.396. The zero-order valence-corrected chi connectivity index (χ0v) is 10.9. The van der Waals surface area contributed by atoms with Gasteiger partial charge in [-0.05, 0) is 31.4 Å². The predicted octanol–water partition coefficient (Wildman–Crippen LogP) is 2.97. The summed E-state index contributed by atoms with van der Waals surface area (Å²) in [5.41, 5.74) is 2.89. The molecule has 1 aliphatic heterocycles. The van der Waals surface area contributed by atoms with Crippen LogP contribution in [0.3, 0.4) is 0 Å². The van der Waals surface area contributed by atoms with Gasteiger partial charge in [-0.15, -0.1) is 0 Å². The van der Waals surface area contributed by atoms with Crippen molar-refractivity contribution in [1.29, 1.82) is 0 Å². The summed E-state index contributed by atoms with van der Waals surface area (Å²) in [6, 6.07) is 9.09. The van der Waals surface area contributed by atoms with Crippen LogP contribution >= 0.6 is 11.5 Å². The molecular formula is C13H15N3S. The van der Waals surface area contributed by atoms with E-state index in [1.165, 1.54) is 22.7 Å². The first kappa shape index (κ1) is 10.7. The van der Waals surface area contributed by atoms with Crippen LogP contribution in [-0.4, -0.2) is 15.9 Å². The summed E-state index contributed by atoms with van der Waals surface area (Å²) in [4.78, 5) is 6.85. The third-order valence-corrected chi connectivity index (χ3v) is 4.20. The van der Waals surface area contributed by atoms with Crippen LogP contribution in [0.5, 0.6) is 0 Å². The summed E-state index contributed by atoms with van der Waals surface area (Å²) >= 11 is 1.50. The van der Waals surface area contributed by atoms with Crippen molar-refractivity contribution < 1.29 is 0 Å². The third kappa shape index (κ3) is 1.82. The molecule has 88 valence electrons. The standard InChI is InChI=1S/C13H15N3S/c1-9-12-6-4-3-5-11(12)7-8-16(9)13-14-10(2)15-17-13/h3-6,9H,7-8H2,1-2H3. The normalized spacial score (nSPS) is 19.2. The summed E-state index contributed by atoms with van der Waals surface area (Å²) < 4.78 is 4.27. The highest BCUT2D eigenvalue weighted by molar-refractivity contribution is 7.09. The summed E-state index contributed by atoms with van der Waals surface area (Å²) in [5.74, 6) is 0.871. The van der Waals surface area contributed by atoms with Crippen LogP contribution in [0.25, 0.3) is 0 Å². The number of benzene rings is 1. The van der Waals surface area contributed by atoms with E-state index in [-0.39, 0.29) is 0 Å². The molecular weight excluding hydrogens is 230 g/mol. The lowest BCUT2D eigenvalue weighted by Crippen LogP contribution is -2.33. The van der Waals surface area contributed by atoms with Crippen LogP contribution < -0.4 is 4.90 Å². The molecule has 1 aliphatic rings. The van der Waals surface area contributed by atoms with Crippen molar-refractivity contribution in [1.82, 2.24) is 9.36 Å². The van der Waals surface area contributed by atoms with E-state index in [4.69, 9.17) is 0 Å². The van der Waals surface area contributed by atoms with Crippen molar-refractivity contribution in [3.8, 4) is 0 Å². The van der Waals surface area contributed by atoms with Crippen molar-refractivity contribution in [2.24, 2.45) is 0 Å². The molecule has 1 aromatic carbocycles. The fraction of sp³-hybridized carbons (Fsp3) is 0.385. The fourth-order valence-electron chi connectivity index (χ4n) is 2.44. The van der Waals surface area contributed by atoms with Crippen LogP contribution in [-0.2, 0) is 6.42 Å². The molecule has 1 atom stereocenters. The highest BCUT2D eigenvalue weighted by Crippen LogP contribution is 2.33. The van der Waals surface area contributed by atoms with Gasteiger partial charge in [-0.1, -0.05) is 24.3 Å². The van der Waals surface area contributed by atoms with Gasteiger partial charge in [0, 0.05) is 18.1 Å². The van der Waals surface area contributed by atoms with Crippen molar-refractivity contribution >= 4 is 16.7 Å². The molecule has 2 aromatic rings. The highest BCUT2D eigenvalue weighted by atomic mass is 32.1. The maximum absolute atomic E-state index is 4.49. The summed E-state index contributed by atoms with van der Waals surface area (Å²) in [7, 11) is 0. The number of fused-ring (bicyclic) bond motifs is 1. The van der Waals surface area contributed by atoms with Gasteiger partial charge in [0.1, 0.15) is 5.82 Å². The lowest BCUT2D eigenvalue weighted by molar-refractivity contribution is 0.622. The molecule has 0 fully saturated rings. The molecule has 17 heavy (non-hydrogen) atoms. The Balaban J connectivity index is 1.96. The van der Waals surface area contributed by atoms with Gasteiger partial charge in [-0.25, -0.2) is 4.98 Å². The van der Waals surface area contributed by atoms with E-state index >= 15 is 0 Å². The second kappa shape index (κ2) is 4.11. The first-order chi connectivity index (χ1) is 8.25. The first-order valence-electron chi connectivity index (χ1n) is 5.90. The number of aromatic nitrogens is 2. The van der Waals surface area contributed by atoms with Crippen molar-refractivity contribution in [3.63, 3.8) is 0 Å². The quantitative estimate of drug-likeness (QED) is 0.773. The molecule has 0 aliphatic carbocycles. The molecule has 0 spiro atoms.